The zero-order chi connectivity index (χ0) is 16.0. The van der Waals surface area contributed by atoms with E-state index in [0.717, 1.165) is 42.3 Å². The third-order valence-corrected chi connectivity index (χ3v) is 5.03. The van der Waals surface area contributed by atoms with Crippen molar-refractivity contribution < 1.29 is 4.79 Å². The Morgan fingerprint density at radius 1 is 1.24 bits per heavy atom. The van der Waals surface area contributed by atoms with Gasteiger partial charge in [0.2, 0.25) is 0 Å². The van der Waals surface area contributed by atoms with Gasteiger partial charge in [-0.15, -0.1) is 24.8 Å². The lowest BCUT2D eigenvalue weighted by molar-refractivity contribution is 0.0935. The fourth-order valence-electron chi connectivity index (χ4n) is 3.11. The summed E-state index contributed by atoms with van der Waals surface area (Å²) < 4.78 is 0. The maximum absolute atomic E-state index is 12.8. The van der Waals surface area contributed by atoms with Gasteiger partial charge in [-0.2, -0.15) is 0 Å². The number of halogens is 3. The second-order valence-corrected chi connectivity index (χ2v) is 7.12. The fraction of sp³-hybridized carbons (Fsp3) is 0.444. The minimum absolute atomic E-state index is 0. The quantitative estimate of drug-likeness (QED) is 0.792. The van der Waals surface area contributed by atoms with Crippen LogP contribution in [-0.4, -0.2) is 23.5 Å². The van der Waals surface area contributed by atoms with Crippen molar-refractivity contribution >= 4 is 53.2 Å². The number of hydrogen-bond acceptors (Lipinski definition) is 3. The van der Waals surface area contributed by atoms with Gasteiger partial charge in [-0.05, 0) is 55.9 Å². The van der Waals surface area contributed by atoms with Gasteiger partial charge < -0.3 is 11.1 Å². The first-order valence-electron chi connectivity index (χ1n) is 8.27. The van der Waals surface area contributed by atoms with E-state index in [9.17, 15) is 4.79 Å². The Balaban J connectivity index is 0.00000113. The van der Waals surface area contributed by atoms with Crippen LogP contribution in [0.2, 0.25) is 5.02 Å². The summed E-state index contributed by atoms with van der Waals surface area (Å²) in [6.07, 6.45) is 4.61. The van der Waals surface area contributed by atoms with Gasteiger partial charge in [0, 0.05) is 34.6 Å². The number of carbonyl (C=O) groups is 1. The van der Waals surface area contributed by atoms with E-state index < -0.39 is 0 Å². The minimum atomic E-state index is -0.0658. The molecule has 1 unspecified atom stereocenters. The van der Waals surface area contributed by atoms with E-state index in [1.54, 1.807) is 0 Å². The van der Waals surface area contributed by atoms with Gasteiger partial charge >= 0.3 is 0 Å². The molecule has 1 aromatic carbocycles. The molecule has 1 heterocycles. The number of pyridine rings is 1. The van der Waals surface area contributed by atoms with Crippen LogP contribution in [0.4, 0.5) is 0 Å². The summed E-state index contributed by atoms with van der Waals surface area (Å²) >= 11 is 6.12. The van der Waals surface area contributed by atoms with Gasteiger partial charge in [0.1, 0.15) is 0 Å². The molecule has 4 nitrogen and oxygen atoms in total. The highest BCUT2D eigenvalue weighted by molar-refractivity contribution is 6.31. The molecule has 2 aromatic rings. The number of fused-ring (bicyclic) bond motifs is 1. The van der Waals surface area contributed by atoms with Crippen LogP contribution in [0.5, 0.6) is 0 Å². The average molecular weight is 403 g/mol. The molecule has 7 heteroatoms. The van der Waals surface area contributed by atoms with Crippen molar-refractivity contribution in [1.82, 2.24) is 10.3 Å². The first-order chi connectivity index (χ1) is 11.2. The van der Waals surface area contributed by atoms with Crippen molar-refractivity contribution in [3.05, 3.63) is 40.5 Å². The average Bonchev–Trinajstić information content (AvgIpc) is 3.43. The number of amides is 1. The second-order valence-electron chi connectivity index (χ2n) is 6.68. The van der Waals surface area contributed by atoms with Crippen molar-refractivity contribution in [3.8, 4) is 0 Å². The summed E-state index contributed by atoms with van der Waals surface area (Å²) in [5, 5.41) is 4.54. The second kappa shape index (κ2) is 8.09. The molecule has 2 saturated carbocycles. The van der Waals surface area contributed by atoms with E-state index >= 15 is 0 Å². The molecular weight excluding hydrogens is 381 g/mol. The monoisotopic (exact) mass is 401 g/mol. The fourth-order valence-corrected chi connectivity index (χ4v) is 3.28. The van der Waals surface area contributed by atoms with E-state index in [1.165, 1.54) is 0 Å². The number of carbonyl (C=O) groups excluding carboxylic acids is 1. The Kier molecular flexibility index (Phi) is 6.55. The SMILES string of the molecule is Cl.Cl.NCC(NC(=O)c1cc(C2CC2)nc2ccc(Cl)cc12)C1CC1. The van der Waals surface area contributed by atoms with Gasteiger partial charge in [0.25, 0.3) is 5.91 Å². The molecule has 25 heavy (non-hydrogen) atoms. The van der Waals surface area contributed by atoms with Crippen LogP contribution in [0, 0.1) is 5.92 Å². The number of nitrogens with one attached hydrogen (secondary N) is 1. The predicted molar refractivity (Wildman–Crippen MR) is 106 cm³/mol. The third kappa shape index (κ3) is 4.37. The van der Waals surface area contributed by atoms with Crippen molar-refractivity contribution in [1.29, 1.82) is 0 Å². The molecule has 1 aromatic heterocycles. The molecule has 4 rings (SSSR count). The summed E-state index contributed by atoms with van der Waals surface area (Å²) in [5.74, 6) is 0.961. The molecule has 3 N–H and O–H groups in total. The molecule has 1 atom stereocenters. The number of benzene rings is 1. The van der Waals surface area contributed by atoms with Gasteiger partial charge in [-0.1, -0.05) is 11.6 Å². The van der Waals surface area contributed by atoms with Crippen molar-refractivity contribution in [2.75, 3.05) is 6.54 Å². The first-order valence-corrected chi connectivity index (χ1v) is 8.64. The number of hydrogen-bond donors (Lipinski definition) is 2. The molecule has 136 valence electrons. The first kappa shape index (κ1) is 20.2. The number of nitrogens with zero attached hydrogens (tertiary/aromatic N) is 1. The predicted octanol–water partition coefficient (Wildman–Crippen LogP) is 4.08. The Morgan fingerprint density at radius 2 is 1.96 bits per heavy atom. The van der Waals surface area contributed by atoms with Gasteiger partial charge in [0.15, 0.2) is 0 Å². The summed E-state index contributed by atoms with van der Waals surface area (Å²) in [7, 11) is 0. The molecule has 0 saturated heterocycles. The smallest absolute Gasteiger partial charge is 0.252 e. The highest BCUT2D eigenvalue weighted by Gasteiger charge is 2.32. The van der Waals surface area contributed by atoms with Crippen molar-refractivity contribution in [2.24, 2.45) is 11.7 Å². The van der Waals surface area contributed by atoms with Gasteiger partial charge in [-0.3, -0.25) is 9.78 Å². The van der Waals surface area contributed by atoms with Crippen LogP contribution in [0.3, 0.4) is 0 Å². The summed E-state index contributed by atoms with van der Waals surface area (Å²) in [4.78, 5) is 17.5. The summed E-state index contributed by atoms with van der Waals surface area (Å²) in [5.41, 5.74) is 8.33. The molecule has 0 aliphatic heterocycles. The van der Waals surface area contributed by atoms with Crippen LogP contribution >= 0.6 is 36.4 Å². The topological polar surface area (TPSA) is 68.0 Å². The highest BCUT2D eigenvalue weighted by atomic mass is 35.5. The zero-order valence-corrected chi connectivity index (χ0v) is 16.1. The molecule has 0 spiro atoms. The molecule has 2 aliphatic carbocycles. The molecule has 2 fully saturated rings. The Labute approximate surface area is 164 Å². The number of nitrogens with two attached hydrogens (primary N) is 1. The third-order valence-electron chi connectivity index (χ3n) is 4.79. The van der Waals surface area contributed by atoms with Crippen molar-refractivity contribution in [3.63, 3.8) is 0 Å². The van der Waals surface area contributed by atoms with Crippen LogP contribution < -0.4 is 11.1 Å². The summed E-state index contributed by atoms with van der Waals surface area (Å²) in [6.45, 7) is 0.482. The van der Waals surface area contributed by atoms with Crippen molar-refractivity contribution in [2.45, 2.75) is 37.6 Å². The molecule has 0 radical (unpaired) electrons. The van der Waals surface area contributed by atoms with E-state index in [2.05, 4.69) is 5.32 Å². The van der Waals surface area contributed by atoms with Crippen LogP contribution in [0.1, 0.15) is 47.7 Å². The molecule has 2 aliphatic rings. The number of aromatic nitrogens is 1. The lowest BCUT2D eigenvalue weighted by Gasteiger charge is -2.17. The normalized spacial score (nSPS) is 17.4. The lowest BCUT2D eigenvalue weighted by Crippen LogP contribution is -2.41. The highest BCUT2D eigenvalue weighted by Crippen LogP contribution is 2.40. The van der Waals surface area contributed by atoms with Gasteiger partial charge in [0.05, 0.1) is 11.1 Å². The van der Waals surface area contributed by atoms with E-state index in [1.807, 2.05) is 24.3 Å². The van der Waals surface area contributed by atoms with Crippen LogP contribution in [0.15, 0.2) is 24.3 Å². The maximum Gasteiger partial charge on any atom is 0.252 e. The molecular formula is C18H22Cl3N3O. The van der Waals surface area contributed by atoms with Gasteiger partial charge in [-0.25, -0.2) is 0 Å². The lowest BCUT2D eigenvalue weighted by atomic mass is 10.0. The Morgan fingerprint density at radius 3 is 2.56 bits per heavy atom. The Bertz CT molecular complexity index is 775. The maximum atomic E-state index is 12.8. The van der Waals surface area contributed by atoms with Crippen LogP contribution in [0.25, 0.3) is 10.9 Å². The van der Waals surface area contributed by atoms with E-state index in [4.69, 9.17) is 22.3 Å². The van der Waals surface area contributed by atoms with E-state index in [-0.39, 0.29) is 36.8 Å². The Hall–Kier alpha value is -1.07. The van der Waals surface area contributed by atoms with Crippen LogP contribution in [-0.2, 0) is 0 Å². The standard InChI is InChI=1S/C18H20ClN3O.2ClH/c19-12-5-6-15-13(7-12)14(8-16(21-15)10-1-2-10)18(23)22-17(9-20)11-3-4-11;;/h5-8,10-11,17H,1-4,9,20H2,(H,22,23);2*1H. The van der Waals surface area contributed by atoms with E-state index in [0.29, 0.717) is 29.0 Å². The zero-order valence-electron chi connectivity index (χ0n) is 13.7. The largest absolute Gasteiger partial charge is 0.348 e. The molecule has 0 bridgehead atoms. The number of rotatable bonds is 5. The molecule has 1 amide bonds. The minimum Gasteiger partial charge on any atom is -0.348 e. The summed E-state index contributed by atoms with van der Waals surface area (Å²) in [6, 6.07) is 7.54.